The summed E-state index contributed by atoms with van der Waals surface area (Å²) in [6, 6.07) is 9.98. The normalized spacial score (nSPS) is 15.7. The lowest BCUT2D eigenvalue weighted by Crippen LogP contribution is -2.19. The zero-order valence-electron chi connectivity index (χ0n) is 6.45. The number of hydrogen-bond donors (Lipinski definition) is 1. The molecular formula is C9H8N2S. The minimum atomic E-state index is 0.694. The van der Waals surface area contributed by atoms with Gasteiger partial charge in [0.2, 0.25) is 0 Å². The Balaban J connectivity index is 2.33. The molecule has 0 fully saturated rings. The van der Waals surface area contributed by atoms with Gasteiger partial charge in [-0.05, 0) is 0 Å². The predicted octanol–water partition coefficient (Wildman–Crippen LogP) is 1.36. The molecule has 1 heterocycles. The molecule has 60 valence electrons. The summed E-state index contributed by atoms with van der Waals surface area (Å²) in [5.41, 5.74) is 1.09. The fourth-order valence-corrected chi connectivity index (χ4v) is 1.29. The number of nitrogens with one attached hydrogen (secondary N) is 1. The Morgan fingerprint density at radius 1 is 1.25 bits per heavy atom. The van der Waals surface area contributed by atoms with E-state index in [9.17, 15) is 0 Å². The highest BCUT2D eigenvalue weighted by atomic mass is 32.1. The highest BCUT2D eigenvalue weighted by molar-refractivity contribution is 7.80. The van der Waals surface area contributed by atoms with Crippen LogP contribution in [-0.4, -0.2) is 17.4 Å². The lowest BCUT2D eigenvalue weighted by Gasteiger charge is -1.98. The molecule has 1 N–H and O–H groups in total. The highest BCUT2D eigenvalue weighted by Gasteiger charge is 2.10. The van der Waals surface area contributed by atoms with E-state index in [1.54, 1.807) is 0 Å². The van der Waals surface area contributed by atoms with Crippen LogP contribution in [0, 0.1) is 0 Å². The van der Waals surface area contributed by atoms with E-state index in [0.717, 1.165) is 16.4 Å². The van der Waals surface area contributed by atoms with Crippen molar-refractivity contribution in [3.63, 3.8) is 0 Å². The number of nitrogens with zero attached hydrogens (tertiary/aromatic N) is 1. The van der Waals surface area contributed by atoms with E-state index in [1.165, 1.54) is 0 Å². The molecule has 0 unspecified atom stereocenters. The maximum absolute atomic E-state index is 4.95. The first-order valence-corrected chi connectivity index (χ1v) is 4.18. The van der Waals surface area contributed by atoms with Crippen LogP contribution in [0.15, 0.2) is 35.3 Å². The van der Waals surface area contributed by atoms with Gasteiger partial charge < -0.3 is 5.32 Å². The lowest BCUT2D eigenvalue weighted by atomic mass is 10.2. The molecule has 0 saturated carbocycles. The summed E-state index contributed by atoms with van der Waals surface area (Å²) in [4.78, 5) is 4.93. The second-order valence-electron chi connectivity index (χ2n) is 2.57. The molecule has 3 heteroatoms. The smallest absolute Gasteiger partial charge is 0.134 e. The van der Waals surface area contributed by atoms with Gasteiger partial charge >= 0.3 is 0 Å². The topological polar surface area (TPSA) is 24.4 Å². The van der Waals surface area contributed by atoms with Gasteiger partial charge in [-0.15, -0.1) is 0 Å². The van der Waals surface area contributed by atoms with E-state index in [-0.39, 0.29) is 0 Å². The third-order valence-corrected chi connectivity index (χ3v) is 1.93. The van der Waals surface area contributed by atoms with Crippen LogP contribution < -0.4 is 5.32 Å². The number of benzene rings is 1. The molecule has 0 bridgehead atoms. The van der Waals surface area contributed by atoms with Crippen LogP contribution in [0.25, 0.3) is 0 Å². The van der Waals surface area contributed by atoms with Crippen LogP contribution >= 0.6 is 12.2 Å². The van der Waals surface area contributed by atoms with Crippen molar-refractivity contribution in [1.29, 1.82) is 0 Å². The van der Waals surface area contributed by atoms with Crippen molar-refractivity contribution < 1.29 is 0 Å². The van der Waals surface area contributed by atoms with E-state index in [0.29, 0.717) is 6.54 Å². The van der Waals surface area contributed by atoms with E-state index in [1.807, 2.05) is 30.3 Å². The Morgan fingerprint density at radius 2 is 2.00 bits per heavy atom. The van der Waals surface area contributed by atoms with Crippen molar-refractivity contribution in [3.8, 4) is 0 Å². The van der Waals surface area contributed by atoms with Crippen molar-refractivity contribution in [2.24, 2.45) is 4.99 Å². The number of aliphatic imine (C=N–C) groups is 1. The first-order chi connectivity index (χ1) is 5.86. The van der Waals surface area contributed by atoms with Gasteiger partial charge in [0.25, 0.3) is 0 Å². The third-order valence-electron chi connectivity index (χ3n) is 1.69. The van der Waals surface area contributed by atoms with Gasteiger partial charge in [-0.25, -0.2) is 4.99 Å². The van der Waals surface area contributed by atoms with Crippen molar-refractivity contribution in [3.05, 3.63) is 35.9 Å². The molecule has 2 nitrogen and oxygen atoms in total. The summed E-state index contributed by atoms with van der Waals surface area (Å²) in [6.07, 6.45) is 0. The number of rotatable bonds is 1. The van der Waals surface area contributed by atoms with Crippen molar-refractivity contribution in [2.75, 3.05) is 6.54 Å². The van der Waals surface area contributed by atoms with Gasteiger partial charge in [0.15, 0.2) is 0 Å². The van der Waals surface area contributed by atoms with Crippen molar-refractivity contribution in [2.45, 2.75) is 0 Å². The van der Waals surface area contributed by atoms with Gasteiger partial charge in [-0.3, -0.25) is 0 Å². The number of amidine groups is 1. The zero-order valence-corrected chi connectivity index (χ0v) is 7.27. The predicted molar refractivity (Wildman–Crippen MR) is 53.6 cm³/mol. The lowest BCUT2D eigenvalue weighted by molar-refractivity contribution is 1.13. The molecule has 1 aliphatic heterocycles. The van der Waals surface area contributed by atoms with Gasteiger partial charge in [-0.1, -0.05) is 42.5 Å². The molecule has 1 aromatic carbocycles. The Hall–Kier alpha value is -1.22. The van der Waals surface area contributed by atoms with Crippen molar-refractivity contribution in [1.82, 2.24) is 5.32 Å². The van der Waals surface area contributed by atoms with E-state index >= 15 is 0 Å². The average molecular weight is 176 g/mol. The summed E-state index contributed by atoms with van der Waals surface area (Å²) >= 11 is 4.95. The SMILES string of the molecule is S=C1CNC(c2ccccc2)=N1. The Bertz CT molecular complexity index is 330. The maximum Gasteiger partial charge on any atom is 0.134 e. The molecule has 0 radical (unpaired) electrons. The van der Waals surface area contributed by atoms with Crippen molar-refractivity contribution >= 4 is 23.0 Å². The quantitative estimate of drug-likeness (QED) is 0.653. The monoisotopic (exact) mass is 176 g/mol. The zero-order chi connectivity index (χ0) is 8.39. The molecule has 2 rings (SSSR count). The van der Waals surface area contributed by atoms with E-state index < -0.39 is 0 Å². The summed E-state index contributed by atoms with van der Waals surface area (Å²) in [5, 5.41) is 3.13. The summed E-state index contributed by atoms with van der Waals surface area (Å²) < 4.78 is 0. The first kappa shape index (κ1) is 7.43. The number of hydrogen-bond acceptors (Lipinski definition) is 2. The summed E-state index contributed by atoms with van der Waals surface area (Å²) in [7, 11) is 0. The minimum absolute atomic E-state index is 0.694. The fraction of sp³-hybridized carbons (Fsp3) is 0.111. The van der Waals surface area contributed by atoms with E-state index in [2.05, 4.69) is 10.3 Å². The highest BCUT2D eigenvalue weighted by Crippen LogP contribution is 2.03. The first-order valence-electron chi connectivity index (χ1n) is 3.77. The average Bonchev–Trinajstić information content (AvgIpc) is 2.54. The van der Waals surface area contributed by atoms with Crippen LogP contribution in [-0.2, 0) is 0 Å². The van der Waals surface area contributed by atoms with Gasteiger partial charge in [0.1, 0.15) is 10.8 Å². The molecular weight excluding hydrogens is 168 g/mol. The molecule has 0 amide bonds. The van der Waals surface area contributed by atoms with Crippen LogP contribution in [0.1, 0.15) is 5.56 Å². The fourth-order valence-electron chi connectivity index (χ4n) is 1.13. The Kier molecular flexibility index (Phi) is 1.87. The molecule has 0 saturated heterocycles. The molecule has 1 aromatic rings. The van der Waals surface area contributed by atoms with Gasteiger partial charge in [0, 0.05) is 5.56 Å². The molecule has 0 spiro atoms. The van der Waals surface area contributed by atoms with E-state index in [4.69, 9.17) is 12.2 Å². The molecule has 0 atom stereocenters. The second-order valence-corrected chi connectivity index (χ2v) is 3.04. The standard InChI is InChI=1S/C9H8N2S/c12-8-6-10-9(11-8)7-4-2-1-3-5-7/h1-5H,6H2,(H,10,11,12). The Labute approximate surface area is 76.3 Å². The largest absolute Gasteiger partial charge is 0.363 e. The van der Waals surface area contributed by atoms with Crippen LogP contribution in [0.4, 0.5) is 0 Å². The molecule has 1 aliphatic rings. The van der Waals surface area contributed by atoms with Crippen LogP contribution in [0.3, 0.4) is 0 Å². The molecule has 0 aliphatic carbocycles. The Morgan fingerprint density at radius 3 is 2.58 bits per heavy atom. The molecule has 0 aromatic heterocycles. The third kappa shape index (κ3) is 1.36. The minimum Gasteiger partial charge on any atom is -0.363 e. The van der Waals surface area contributed by atoms with Crippen LogP contribution in [0.2, 0.25) is 0 Å². The summed E-state index contributed by atoms with van der Waals surface area (Å²) in [6.45, 7) is 0.694. The van der Waals surface area contributed by atoms with Crippen LogP contribution in [0.5, 0.6) is 0 Å². The molecule has 12 heavy (non-hydrogen) atoms. The number of thiocarbonyl (C=S) groups is 1. The maximum atomic E-state index is 4.95. The second kappa shape index (κ2) is 3.03. The van der Waals surface area contributed by atoms with Gasteiger partial charge in [-0.2, -0.15) is 0 Å². The summed E-state index contributed by atoms with van der Waals surface area (Å²) in [5.74, 6) is 0.889. The van der Waals surface area contributed by atoms with Gasteiger partial charge in [0.05, 0.1) is 6.54 Å².